The summed E-state index contributed by atoms with van der Waals surface area (Å²) in [6, 6.07) is 9.79. The van der Waals surface area contributed by atoms with E-state index in [9.17, 15) is 4.79 Å². The summed E-state index contributed by atoms with van der Waals surface area (Å²) in [4.78, 5) is 10.6. The third-order valence-electron chi connectivity index (χ3n) is 2.12. The van der Waals surface area contributed by atoms with Crippen LogP contribution in [0, 0.1) is 0 Å². The molecule has 0 amide bonds. The fraction of sp³-hybridized carbons (Fsp3) is 0.214. The Balaban J connectivity index is 2.87. The third-order valence-corrected chi connectivity index (χ3v) is 2.12. The maximum Gasteiger partial charge on any atom is 0.145 e. The van der Waals surface area contributed by atoms with Crippen LogP contribution in [0.5, 0.6) is 0 Å². The molecule has 1 rings (SSSR count). The quantitative estimate of drug-likeness (QED) is 0.415. The second-order valence-corrected chi connectivity index (χ2v) is 3.48. The lowest BCUT2D eigenvalue weighted by Crippen LogP contribution is -2.02. The molecule has 0 heterocycles. The summed E-state index contributed by atoms with van der Waals surface area (Å²) in [6.07, 6.45) is 4.14. The largest absolute Gasteiger partial charge is 0.365 e. The van der Waals surface area contributed by atoms with E-state index in [4.69, 9.17) is 4.74 Å². The Labute approximate surface area is 96.2 Å². The summed E-state index contributed by atoms with van der Waals surface area (Å²) in [5.41, 5.74) is 1.70. The zero-order chi connectivity index (χ0) is 11.8. The third kappa shape index (κ3) is 3.83. The molecule has 0 radical (unpaired) electrons. The van der Waals surface area contributed by atoms with Crippen molar-refractivity contribution in [1.29, 1.82) is 0 Å². The molecule has 0 bridgehead atoms. The van der Waals surface area contributed by atoms with Gasteiger partial charge in [-0.25, -0.2) is 0 Å². The summed E-state index contributed by atoms with van der Waals surface area (Å²) >= 11 is 0. The highest BCUT2D eigenvalue weighted by molar-refractivity contribution is 5.72. The molecule has 0 N–H and O–H groups in total. The highest BCUT2D eigenvalue weighted by Gasteiger charge is 2.07. The molecule has 2 nitrogen and oxygen atoms in total. The van der Waals surface area contributed by atoms with Crippen molar-refractivity contribution in [3.05, 3.63) is 60.2 Å². The van der Waals surface area contributed by atoms with E-state index in [1.54, 1.807) is 13.0 Å². The minimum absolute atomic E-state index is 0.190. The number of benzene rings is 1. The van der Waals surface area contributed by atoms with Crippen molar-refractivity contribution in [2.24, 2.45) is 0 Å². The van der Waals surface area contributed by atoms with Gasteiger partial charge in [0.2, 0.25) is 0 Å². The molecule has 0 aromatic heterocycles. The van der Waals surface area contributed by atoms with Gasteiger partial charge in [-0.15, -0.1) is 6.58 Å². The first-order valence-corrected chi connectivity index (χ1v) is 5.19. The van der Waals surface area contributed by atoms with Crippen LogP contribution < -0.4 is 0 Å². The average molecular weight is 216 g/mol. The summed E-state index contributed by atoms with van der Waals surface area (Å²) in [7, 11) is 0. The molecule has 0 saturated heterocycles. The lowest BCUT2D eigenvalue weighted by Gasteiger charge is -2.13. The Hall–Kier alpha value is -1.67. The molecular formula is C14H16O2. The lowest BCUT2D eigenvalue weighted by atomic mass is 10.1. The Morgan fingerprint density at radius 2 is 2.12 bits per heavy atom. The van der Waals surface area contributed by atoms with E-state index in [0.29, 0.717) is 12.2 Å². The predicted octanol–water partition coefficient (Wildman–Crippen LogP) is 3.08. The van der Waals surface area contributed by atoms with E-state index in [1.165, 1.54) is 0 Å². The molecule has 0 saturated carbocycles. The molecule has 1 aromatic carbocycles. The minimum atomic E-state index is -0.190. The number of hydrogen-bond donors (Lipinski definition) is 0. The van der Waals surface area contributed by atoms with Gasteiger partial charge in [-0.3, -0.25) is 4.79 Å². The first-order valence-electron chi connectivity index (χ1n) is 5.19. The molecule has 0 aliphatic rings. The molecule has 0 aliphatic carbocycles. The van der Waals surface area contributed by atoms with Crippen LogP contribution >= 0.6 is 0 Å². The van der Waals surface area contributed by atoms with Crippen molar-refractivity contribution >= 4 is 6.29 Å². The molecule has 0 fully saturated rings. The number of ether oxygens (including phenoxy) is 1. The summed E-state index contributed by atoms with van der Waals surface area (Å²) < 4.78 is 5.60. The van der Waals surface area contributed by atoms with Crippen molar-refractivity contribution in [2.45, 2.75) is 13.0 Å². The van der Waals surface area contributed by atoms with Crippen LogP contribution in [0.25, 0.3) is 0 Å². The summed E-state index contributed by atoms with van der Waals surface area (Å²) in [5.74, 6) is 0. The van der Waals surface area contributed by atoms with E-state index in [0.717, 1.165) is 11.8 Å². The Bertz CT molecular complexity index is 366. The fourth-order valence-electron chi connectivity index (χ4n) is 1.33. The van der Waals surface area contributed by atoms with Gasteiger partial charge in [0, 0.05) is 0 Å². The zero-order valence-corrected chi connectivity index (χ0v) is 9.43. The zero-order valence-electron chi connectivity index (χ0n) is 9.43. The molecular weight excluding hydrogens is 200 g/mol. The van der Waals surface area contributed by atoms with Crippen LogP contribution in [0.4, 0.5) is 0 Å². The van der Waals surface area contributed by atoms with Crippen LogP contribution in [0.2, 0.25) is 0 Å². The van der Waals surface area contributed by atoms with E-state index >= 15 is 0 Å². The maximum atomic E-state index is 10.6. The monoisotopic (exact) mass is 216 g/mol. The number of aldehydes is 1. The second kappa shape index (κ2) is 6.75. The van der Waals surface area contributed by atoms with Gasteiger partial charge in [0.15, 0.2) is 0 Å². The molecule has 0 aliphatic heterocycles. The van der Waals surface area contributed by atoms with Gasteiger partial charge in [-0.1, -0.05) is 36.4 Å². The Morgan fingerprint density at radius 1 is 1.44 bits per heavy atom. The van der Waals surface area contributed by atoms with Crippen LogP contribution in [0.15, 0.2) is 54.6 Å². The number of allylic oxidation sites excluding steroid dienone is 1. The van der Waals surface area contributed by atoms with Crippen molar-refractivity contribution in [1.82, 2.24) is 0 Å². The van der Waals surface area contributed by atoms with Gasteiger partial charge in [0.05, 0.1) is 6.61 Å². The average Bonchev–Trinajstić information content (AvgIpc) is 2.35. The molecule has 16 heavy (non-hydrogen) atoms. The maximum absolute atomic E-state index is 10.6. The molecule has 1 unspecified atom stereocenters. The van der Waals surface area contributed by atoms with Crippen LogP contribution in [-0.4, -0.2) is 12.9 Å². The van der Waals surface area contributed by atoms with Crippen LogP contribution in [0.3, 0.4) is 0 Å². The van der Waals surface area contributed by atoms with Gasteiger partial charge >= 0.3 is 0 Å². The van der Waals surface area contributed by atoms with Gasteiger partial charge in [-0.2, -0.15) is 0 Å². The number of carbonyl (C=O) groups is 1. The Morgan fingerprint density at radius 3 is 2.69 bits per heavy atom. The smallest absolute Gasteiger partial charge is 0.145 e. The van der Waals surface area contributed by atoms with Crippen molar-refractivity contribution < 1.29 is 9.53 Å². The normalized spacial score (nSPS) is 13.2. The molecule has 1 aromatic rings. The number of rotatable bonds is 6. The first kappa shape index (κ1) is 12.4. The molecule has 0 spiro atoms. The molecule has 2 heteroatoms. The topological polar surface area (TPSA) is 26.3 Å². The van der Waals surface area contributed by atoms with E-state index in [-0.39, 0.29) is 6.10 Å². The fourth-order valence-corrected chi connectivity index (χ4v) is 1.33. The van der Waals surface area contributed by atoms with Crippen LogP contribution in [-0.2, 0) is 9.53 Å². The van der Waals surface area contributed by atoms with Gasteiger partial charge in [0.1, 0.15) is 12.4 Å². The Kier molecular flexibility index (Phi) is 5.23. The van der Waals surface area contributed by atoms with E-state index in [2.05, 4.69) is 6.58 Å². The SMILES string of the molecule is C=CCOC(/C=C(\C)C=O)c1ccccc1. The summed E-state index contributed by atoms with van der Waals surface area (Å²) in [5, 5.41) is 0. The highest BCUT2D eigenvalue weighted by atomic mass is 16.5. The van der Waals surface area contributed by atoms with Gasteiger partial charge < -0.3 is 4.74 Å². The number of carbonyl (C=O) groups excluding carboxylic acids is 1. The van der Waals surface area contributed by atoms with Crippen molar-refractivity contribution in [3.63, 3.8) is 0 Å². The highest BCUT2D eigenvalue weighted by Crippen LogP contribution is 2.19. The van der Waals surface area contributed by atoms with E-state index < -0.39 is 0 Å². The second-order valence-electron chi connectivity index (χ2n) is 3.48. The van der Waals surface area contributed by atoms with Crippen molar-refractivity contribution in [2.75, 3.05) is 6.61 Å². The van der Waals surface area contributed by atoms with Gasteiger partial charge in [0.25, 0.3) is 0 Å². The van der Waals surface area contributed by atoms with E-state index in [1.807, 2.05) is 36.4 Å². The van der Waals surface area contributed by atoms with Crippen molar-refractivity contribution in [3.8, 4) is 0 Å². The molecule has 1 atom stereocenters. The standard InChI is InChI=1S/C14H16O2/c1-3-9-16-14(10-12(2)11-15)13-7-5-4-6-8-13/h3-8,10-11,14H,1,9H2,2H3/b12-10+. The number of hydrogen-bond acceptors (Lipinski definition) is 2. The molecule has 84 valence electrons. The van der Waals surface area contributed by atoms with Gasteiger partial charge in [-0.05, 0) is 24.1 Å². The first-order chi connectivity index (χ1) is 7.77. The lowest BCUT2D eigenvalue weighted by molar-refractivity contribution is -0.104. The van der Waals surface area contributed by atoms with Crippen LogP contribution in [0.1, 0.15) is 18.6 Å². The summed E-state index contributed by atoms with van der Waals surface area (Å²) in [6.45, 7) is 5.83. The minimum Gasteiger partial charge on any atom is -0.365 e. The predicted molar refractivity (Wildman–Crippen MR) is 65.2 cm³/mol.